The summed E-state index contributed by atoms with van der Waals surface area (Å²) >= 11 is 1.89. The quantitative estimate of drug-likeness (QED) is 0.903. The molecule has 0 aliphatic rings. The summed E-state index contributed by atoms with van der Waals surface area (Å²) in [6, 6.07) is 10.8. The SMILES string of the molecule is Cc1cc(C)cc(CSC(CN)c2ccncc2)c1. The summed E-state index contributed by atoms with van der Waals surface area (Å²) < 4.78 is 0. The zero-order valence-electron chi connectivity index (χ0n) is 11.5. The average Bonchev–Trinajstić information content (AvgIpc) is 2.39. The summed E-state index contributed by atoms with van der Waals surface area (Å²) in [5.41, 5.74) is 11.2. The predicted octanol–water partition coefficient (Wildman–Crippen LogP) is 3.63. The third-order valence-corrected chi connectivity index (χ3v) is 4.39. The highest BCUT2D eigenvalue weighted by atomic mass is 32.2. The minimum Gasteiger partial charge on any atom is -0.329 e. The topological polar surface area (TPSA) is 38.9 Å². The van der Waals surface area contributed by atoms with Crippen LogP contribution in [0.15, 0.2) is 42.7 Å². The van der Waals surface area contributed by atoms with Gasteiger partial charge in [0.1, 0.15) is 0 Å². The van der Waals surface area contributed by atoms with Gasteiger partial charge in [-0.1, -0.05) is 29.3 Å². The van der Waals surface area contributed by atoms with Crippen LogP contribution >= 0.6 is 11.8 Å². The van der Waals surface area contributed by atoms with Crippen LogP contribution < -0.4 is 5.73 Å². The summed E-state index contributed by atoms with van der Waals surface area (Å²) in [4.78, 5) is 4.05. The number of aryl methyl sites for hydroxylation is 2. The minimum atomic E-state index is 0.337. The normalized spacial score (nSPS) is 12.4. The molecule has 1 unspecified atom stereocenters. The Bertz CT molecular complexity index is 505. The van der Waals surface area contributed by atoms with Crippen molar-refractivity contribution in [1.82, 2.24) is 4.98 Å². The lowest BCUT2D eigenvalue weighted by molar-refractivity contribution is 0.936. The monoisotopic (exact) mass is 272 g/mol. The molecule has 1 heterocycles. The van der Waals surface area contributed by atoms with Crippen molar-refractivity contribution in [3.05, 3.63) is 65.0 Å². The van der Waals surface area contributed by atoms with Crippen molar-refractivity contribution >= 4 is 11.8 Å². The van der Waals surface area contributed by atoms with Gasteiger partial charge in [-0.15, -0.1) is 11.8 Å². The summed E-state index contributed by atoms with van der Waals surface area (Å²) in [6.07, 6.45) is 3.66. The van der Waals surface area contributed by atoms with Gasteiger partial charge in [0, 0.05) is 29.9 Å². The van der Waals surface area contributed by atoms with E-state index in [9.17, 15) is 0 Å². The van der Waals surface area contributed by atoms with Gasteiger partial charge in [-0.25, -0.2) is 0 Å². The Hall–Kier alpha value is -1.32. The van der Waals surface area contributed by atoms with E-state index in [4.69, 9.17) is 5.73 Å². The van der Waals surface area contributed by atoms with Gasteiger partial charge in [0.05, 0.1) is 0 Å². The Kier molecular flexibility index (Phi) is 5.00. The lowest BCUT2D eigenvalue weighted by atomic mass is 10.1. The fourth-order valence-electron chi connectivity index (χ4n) is 2.23. The van der Waals surface area contributed by atoms with Crippen molar-refractivity contribution in [2.75, 3.05) is 6.54 Å². The molecule has 0 radical (unpaired) electrons. The van der Waals surface area contributed by atoms with Crippen molar-refractivity contribution in [2.24, 2.45) is 5.73 Å². The molecule has 0 fully saturated rings. The molecule has 2 aromatic rings. The number of hydrogen-bond acceptors (Lipinski definition) is 3. The third-order valence-electron chi connectivity index (χ3n) is 3.02. The van der Waals surface area contributed by atoms with Crippen molar-refractivity contribution in [3.8, 4) is 0 Å². The molecular formula is C16H20N2S. The number of rotatable bonds is 5. The van der Waals surface area contributed by atoms with Crippen LogP contribution in [0.1, 0.15) is 27.5 Å². The first-order chi connectivity index (χ1) is 9.19. The standard InChI is InChI=1S/C16H20N2S/c1-12-7-13(2)9-14(8-12)11-19-16(10-17)15-3-5-18-6-4-15/h3-9,16H,10-11,17H2,1-2H3. The lowest BCUT2D eigenvalue weighted by Gasteiger charge is -2.15. The second-order valence-corrected chi connectivity index (χ2v) is 6.00. The van der Waals surface area contributed by atoms with Crippen LogP contribution in [0, 0.1) is 13.8 Å². The third kappa shape index (κ3) is 4.08. The Morgan fingerprint density at radius 3 is 2.32 bits per heavy atom. The second kappa shape index (κ2) is 6.73. The zero-order chi connectivity index (χ0) is 13.7. The van der Waals surface area contributed by atoms with Crippen molar-refractivity contribution in [1.29, 1.82) is 0 Å². The molecule has 3 heteroatoms. The van der Waals surface area contributed by atoms with Crippen molar-refractivity contribution in [3.63, 3.8) is 0 Å². The van der Waals surface area contributed by atoms with Gasteiger partial charge < -0.3 is 5.73 Å². The minimum absolute atomic E-state index is 0.337. The fraction of sp³-hybridized carbons (Fsp3) is 0.312. The van der Waals surface area contributed by atoms with Gasteiger partial charge in [0.25, 0.3) is 0 Å². The largest absolute Gasteiger partial charge is 0.329 e. The van der Waals surface area contributed by atoms with Crippen LogP contribution in [0.3, 0.4) is 0 Å². The second-order valence-electron chi connectivity index (χ2n) is 4.81. The van der Waals surface area contributed by atoms with Crippen LogP contribution in [-0.2, 0) is 5.75 Å². The molecule has 0 aliphatic carbocycles. The number of nitrogens with zero attached hydrogens (tertiary/aromatic N) is 1. The molecule has 1 aromatic heterocycles. The van der Waals surface area contributed by atoms with Crippen molar-refractivity contribution < 1.29 is 0 Å². The van der Waals surface area contributed by atoms with Crippen molar-refractivity contribution in [2.45, 2.75) is 24.9 Å². The van der Waals surface area contributed by atoms with Gasteiger partial charge in [0.15, 0.2) is 0 Å². The molecule has 0 saturated carbocycles. The summed E-state index contributed by atoms with van der Waals surface area (Å²) in [7, 11) is 0. The van der Waals surface area contributed by atoms with Gasteiger partial charge in [0.2, 0.25) is 0 Å². The molecule has 100 valence electrons. The molecule has 2 N–H and O–H groups in total. The smallest absolute Gasteiger partial charge is 0.0424 e. The molecule has 0 saturated heterocycles. The highest BCUT2D eigenvalue weighted by Gasteiger charge is 2.10. The van der Waals surface area contributed by atoms with Crippen LogP contribution in [0.5, 0.6) is 0 Å². The van der Waals surface area contributed by atoms with Gasteiger partial charge in [-0.05, 0) is 37.1 Å². The number of benzene rings is 1. The highest BCUT2D eigenvalue weighted by Crippen LogP contribution is 2.30. The molecule has 2 nitrogen and oxygen atoms in total. The van der Waals surface area contributed by atoms with Crippen LogP contribution in [0.4, 0.5) is 0 Å². The number of aromatic nitrogens is 1. The summed E-state index contributed by atoms with van der Waals surface area (Å²) in [6.45, 7) is 4.94. The number of nitrogens with two attached hydrogens (primary N) is 1. The zero-order valence-corrected chi connectivity index (χ0v) is 12.3. The molecule has 0 spiro atoms. The lowest BCUT2D eigenvalue weighted by Crippen LogP contribution is -2.09. The summed E-state index contributed by atoms with van der Waals surface area (Å²) in [5, 5.41) is 0.337. The van der Waals surface area contributed by atoms with E-state index in [0.717, 1.165) is 5.75 Å². The Morgan fingerprint density at radius 1 is 1.11 bits per heavy atom. The van der Waals surface area contributed by atoms with E-state index in [1.807, 2.05) is 36.3 Å². The number of pyridine rings is 1. The number of hydrogen-bond donors (Lipinski definition) is 1. The molecule has 0 amide bonds. The van der Waals surface area contributed by atoms with E-state index < -0.39 is 0 Å². The highest BCUT2D eigenvalue weighted by molar-refractivity contribution is 7.98. The maximum Gasteiger partial charge on any atom is 0.0424 e. The Morgan fingerprint density at radius 2 is 1.74 bits per heavy atom. The molecule has 19 heavy (non-hydrogen) atoms. The van der Waals surface area contributed by atoms with Crippen LogP contribution in [-0.4, -0.2) is 11.5 Å². The van der Waals surface area contributed by atoms with E-state index in [0.29, 0.717) is 11.8 Å². The van der Waals surface area contributed by atoms with Gasteiger partial charge in [-0.3, -0.25) is 4.98 Å². The van der Waals surface area contributed by atoms with Gasteiger partial charge in [-0.2, -0.15) is 0 Å². The predicted molar refractivity (Wildman–Crippen MR) is 83.2 cm³/mol. The average molecular weight is 272 g/mol. The maximum absolute atomic E-state index is 5.89. The summed E-state index contributed by atoms with van der Waals surface area (Å²) in [5.74, 6) is 0.993. The van der Waals surface area contributed by atoms with E-state index in [1.165, 1.54) is 22.3 Å². The van der Waals surface area contributed by atoms with E-state index in [2.05, 4.69) is 37.0 Å². The van der Waals surface area contributed by atoms with E-state index in [-0.39, 0.29) is 0 Å². The number of thioether (sulfide) groups is 1. The first-order valence-corrected chi connectivity index (χ1v) is 7.52. The molecule has 0 bridgehead atoms. The first kappa shape index (κ1) is 14.1. The van der Waals surface area contributed by atoms with E-state index in [1.54, 1.807) is 0 Å². The molecular weight excluding hydrogens is 252 g/mol. The van der Waals surface area contributed by atoms with Crippen LogP contribution in [0.2, 0.25) is 0 Å². The molecule has 1 atom stereocenters. The maximum atomic E-state index is 5.89. The van der Waals surface area contributed by atoms with Gasteiger partial charge >= 0.3 is 0 Å². The van der Waals surface area contributed by atoms with E-state index >= 15 is 0 Å². The Balaban J connectivity index is 2.04. The molecule has 0 aliphatic heterocycles. The first-order valence-electron chi connectivity index (χ1n) is 6.48. The van der Waals surface area contributed by atoms with Crippen LogP contribution in [0.25, 0.3) is 0 Å². The fourth-order valence-corrected chi connectivity index (χ4v) is 3.27. The Labute approximate surface area is 119 Å². The molecule has 1 aromatic carbocycles. The molecule has 2 rings (SSSR count).